The summed E-state index contributed by atoms with van der Waals surface area (Å²) in [5, 5.41) is -0.505. The fourth-order valence-corrected chi connectivity index (χ4v) is 4.66. The average Bonchev–Trinajstić information content (AvgIpc) is 3.00. The zero-order chi connectivity index (χ0) is 23.3. The molecule has 32 heavy (non-hydrogen) atoms. The Morgan fingerprint density at radius 2 is 2.00 bits per heavy atom. The molecular weight excluding hydrogens is 545 g/mol. The fourth-order valence-electron chi connectivity index (χ4n) is 3.04. The minimum atomic E-state index is -0.623. The topological polar surface area (TPSA) is 82.1 Å². The Kier molecular flexibility index (Phi) is 8.19. The summed E-state index contributed by atoms with van der Waals surface area (Å²) in [4.78, 5) is 37.6. The minimum Gasteiger partial charge on any atom is -0.493 e. The third kappa shape index (κ3) is 5.83. The molecular formula is C23H22INO6S. The van der Waals surface area contributed by atoms with Crippen molar-refractivity contribution >= 4 is 57.5 Å². The lowest BCUT2D eigenvalue weighted by atomic mass is 10.1. The van der Waals surface area contributed by atoms with Crippen LogP contribution in [-0.4, -0.2) is 42.3 Å². The number of methoxy groups -OCH3 is 1. The van der Waals surface area contributed by atoms with Gasteiger partial charge < -0.3 is 14.2 Å². The number of benzene rings is 2. The number of aryl methyl sites for hydroxylation is 1. The molecule has 0 saturated carbocycles. The van der Waals surface area contributed by atoms with Crippen LogP contribution in [0.5, 0.6) is 11.5 Å². The maximum absolute atomic E-state index is 12.6. The van der Waals surface area contributed by atoms with Gasteiger partial charge in [-0.05, 0) is 77.5 Å². The second-order valence-corrected chi connectivity index (χ2v) is 9.04. The van der Waals surface area contributed by atoms with E-state index in [-0.39, 0.29) is 11.5 Å². The van der Waals surface area contributed by atoms with E-state index in [0.717, 1.165) is 31.4 Å². The first-order chi connectivity index (χ1) is 15.3. The van der Waals surface area contributed by atoms with Gasteiger partial charge in [0.2, 0.25) is 0 Å². The predicted octanol–water partition coefficient (Wildman–Crippen LogP) is 4.79. The fraction of sp³-hybridized carbons (Fsp3) is 0.261. The molecule has 2 amide bonds. The summed E-state index contributed by atoms with van der Waals surface area (Å²) in [6, 6.07) is 11.6. The quantitative estimate of drug-likeness (QED) is 0.258. The zero-order valence-corrected chi connectivity index (χ0v) is 20.8. The van der Waals surface area contributed by atoms with Gasteiger partial charge in [-0.3, -0.25) is 19.3 Å². The van der Waals surface area contributed by atoms with Crippen molar-refractivity contribution in [1.82, 2.24) is 4.90 Å². The van der Waals surface area contributed by atoms with Gasteiger partial charge in [0.05, 0.1) is 22.2 Å². The molecule has 1 heterocycles. The smallest absolute Gasteiger partial charge is 0.326 e. The summed E-state index contributed by atoms with van der Waals surface area (Å²) >= 11 is 2.93. The van der Waals surface area contributed by atoms with Crippen molar-refractivity contribution in [2.45, 2.75) is 20.5 Å². The molecule has 0 radical (unpaired) electrons. The lowest BCUT2D eigenvalue weighted by Crippen LogP contribution is -2.34. The lowest BCUT2D eigenvalue weighted by Gasteiger charge is -2.14. The Balaban J connectivity index is 1.79. The Morgan fingerprint density at radius 3 is 2.69 bits per heavy atom. The number of hydrogen-bond donors (Lipinski definition) is 0. The molecule has 2 aromatic rings. The molecule has 2 aromatic carbocycles. The van der Waals surface area contributed by atoms with Gasteiger partial charge in [0.15, 0.2) is 11.5 Å². The number of ether oxygens (including phenoxy) is 3. The predicted molar refractivity (Wildman–Crippen MR) is 131 cm³/mol. The van der Waals surface area contributed by atoms with Crippen molar-refractivity contribution in [3.63, 3.8) is 0 Å². The summed E-state index contributed by atoms with van der Waals surface area (Å²) in [5.41, 5.74) is 2.87. The molecule has 1 aliphatic heterocycles. The minimum absolute atomic E-state index is 0.182. The summed E-state index contributed by atoms with van der Waals surface area (Å²) < 4.78 is 17.1. The van der Waals surface area contributed by atoms with Crippen LogP contribution in [0.15, 0.2) is 41.3 Å². The van der Waals surface area contributed by atoms with Gasteiger partial charge in [-0.25, -0.2) is 0 Å². The van der Waals surface area contributed by atoms with Gasteiger partial charge >= 0.3 is 5.97 Å². The van der Waals surface area contributed by atoms with E-state index in [4.69, 9.17) is 14.2 Å². The van der Waals surface area contributed by atoms with E-state index < -0.39 is 23.7 Å². The van der Waals surface area contributed by atoms with Crippen molar-refractivity contribution in [2.24, 2.45) is 0 Å². The number of carbonyl (C=O) groups excluding carboxylic acids is 3. The van der Waals surface area contributed by atoms with Crippen molar-refractivity contribution < 1.29 is 28.6 Å². The molecule has 1 aliphatic rings. The summed E-state index contributed by atoms with van der Waals surface area (Å²) in [7, 11) is 1.54. The van der Waals surface area contributed by atoms with E-state index >= 15 is 0 Å². The SMILES string of the molecule is CCOC(=O)CN1C(=O)S/C(=C/c2cc(I)c(OCc3cccc(C)c3)c(OC)c2)C1=O. The van der Waals surface area contributed by atoms with E-state index in [1.54, 1.807) is 26.2 Å². The van der Waals surface area contributed by atoms with Crippen LogP contribution in [0.3, 0.4) is 0 Å². The van der Waals surface area contributed by atoms with Gasteiger partial charge in [0.25, 0.3) is 11.1 Å². The van der Waals surface area contributed by atoms with Gasteiger partial charge in [0, 0.05) is 0 Å². The van der Waals surface area contributed by atoms with Gasteiger partial charge in [0.1, 0.15) is 13.2 Å². The molecule has 1 saturated heterocycles. The van der Waals surface area contributed by atoms with E-state index in [1.807, 2.05) is 31.2 Å². The second kappa shape index (κ2) is 10.9. The molecule has 9 heteroatoms. The average molecular weight is 567 g/mol. The maximum atomic E-state index is 12.6. The first kappa shape index (κ1) is 24.1. The van der Waals surface area contributed by atoms with Crippen molar-refractivity contribution in [2.75, 3.05) is 20.3 Å². The first-order valence-electron chi connectivity index (χ1n) is 9.79. The number of halogens is 1. The number of esters is 1. The normalized spacial score (nSPS) is 14.8. The van der Waals surface area contributed by atoms with Crippen molar-refractivity contribution in [1.29, 1.82) is 0 Å². The Labute approximate surface area is 204 Å². The van der Waals surface area contributed by atoms with Crippen LogP contribution in [-0.2, 0) is 20.9 Å². The zero-order valence-electron chi connectivity index (χ0n) is 17.8. The van der Waals surface area contributed by atoms with Crippen LogP contribution in [0.1, 0.15) is 23.6 Å². The van der Waals surface area contributed by atoms with E-state index in [2.05, 4.69) is 28.7 Å². The second-order valence-electron chi connectivity index (χ2n) is 6.88. The largest absolute Gasteiger partial charge is 0.493 e. The van der Waals surface area contributed by atoms with E-state index in [0.29, 0.717) is 23.7 Å². The van der Waals surface area contributed by atoms with Crippen molar-refractivity contribution in [3.8, 4) is 11.5 Å². The standard InChI is InChI=1S/C23H22INO6S/c1-4-30-20(26)12-25-22(27)19(32-23(25)28)11-16-9-17(24)21(18(10-16)29-3)31-13-15-7-5-6-14(2)8-15/h5-11H,4,12-13H2,1-3H3/b19-11+. The molecule has 168 valence electrons. The molecule has 3 rings (SSSR count). The van der Waals surface area contributed by atoms with Gasteiger partial charge in [-0.15, -0.1) is 0 Å². The molecule has 0 aromatic heterocycles. The maximum Gasteiger partial charge on any atom is 0.326 e. The highest BCUT2D eigenvalue weighted by Crippen LogP contribution is 2.37. The molecule has 0 atom stereocenters. The number of carbonyl (C=O) groups is 3. The van der Waals surface area contributed by atoms with E-state index in [9.17, 15) is 14.4 Å². The highest BCUT2D eigenvalue weighted by molar-refractivity contribution is 14.1. The van der Waals surface area contributed by atoms with Crippen LogP contribution in [0.4, 0.5) is 4.79 Å². The molecule has 0 N–H and O–H groups in total. The third-order valence-electron chi connectivity index (χ3n) is 4.48. The highest BCUT2D eigenvalue weighted by atomic mass is 127. The van der Waals surface area contributed by atoms with Crippen molar-refractivity contribution in [3.05, 3.63) is 61.6 Å². The van der Waals surface area contributed by atoms with Crippen LogP contribution >= 0.6 is 34.4 Å². The first-order valence-corrected chi connectivity index (χ1v) is 11.7. The van der Waals surface area contributed by atoms with Gasteiger partial charge in [-0.2, -0.15) is 0 Å². The molecule has 0 unspecified atom stereocenters. The number of nitrogens with zero attached hydrogens (tertiary/aromatic N) is 1. The Morgan fingerprint density at radius 1 is 1.22 bits per heavy atom. The lowest BCUT2D eigenvalue weighted by molar-refractivity contribution is -0.145. The number of amides is 2. The highest BCUT2D eigenvalue weighted by Gasteiger charge is 2.36. The molecule has 0 aliphatic carbocycles. The number of hydrogen-bond acceptors (Lipinski definition) is 7. The third-order valence-corrected chi connectivity index (χ3v) is 6.19. The number of rotatable bonds is 8. The molecule has 0 spiro atoms. The number of thioether (sulfide) groups is 1. The summed E-state index contributed by atoms with van der Waals surface area (Å²) in [6.45, 7) is 3.86. The van der Waals surface area contributed by atoms with Crippen LogP contribution in [0.2, 0.25) is 0 Å². The monoisotopic (exact) mass is 567 g/mol. The van der Waals surface area contributed by atoms with Crippen LogP contribution < -0.4 is 9.47 Å². The van der Waals surface area contributed by atoms with Crippen LogP contribution in [0, 0.1) is 10.5 Å². The van der Waals surface area contributed by atoms with E-state index in [1.165, 1.54) is 0 Å². The molecule has 7 nitrogen and oxygen atoms in total. The van der Waals surface area contributed by atoms with Gasteiger partial charge in [-0.1, -0.05) is 29.8 Å². The van der Waals surface area contributed by atoms with Crippen LogP contribution in [0.25, 0.3) is 6.08 Å². The summed E-state index contributed by atoms with van der Waals surface area (Å²) in [6.07, 6.45) is 1.60. The number of imide groups is 1. The summed E-state index contributed by atoms with van der Waals surface area (Å²) in [5.74, 6) is -0.0343. The Bertz CT molecular complexity index is 1080. The Hall–Kier alpha value is -2.53. The molecule has 1 fully saturated rings. The molecule has 0 bridgehead atoms.